The molecule has 0 unspecified atom stereocenters. The Labute approximate surface area is 192 Å². The maximum Gasteiger partial charge on any atom is 0.322 e. The van der Waals surface area contributed by atoms with Gasteiger partial charge in [-0.15, -0.1) is 0 Å². The van der Waals surface area contributed by atoms with Crippen LogP contribution in [0.1, 0.15) is 27.9 Å². The molecule has 0 aromatic heterocycles. The van der Waals surface area contributed by atoms with Crippen LogP contribution in [-0.4, -0.2) is 30.0 Å². The molecule has 0 spiro atoms. The highest BCUT2D eigenvalue weighted by Gasteiger charge is 2.22. The van der Waals surface area contributed by atoms with E-state index in [1.54, 1.807) is 41.3 Å². The number of nitrogens with zero attached hydrogens (tertiary/aromatic N) is 1. The summed E-state index contributed by atoms with van der Waals surface area (Å²) in [5, 5.41) is 6.43. The second-order valence-corrected chi connectivity index (χ2v) is 7.98. The van der Waals surface area contributed by atoms with Crippen LogP contribution in [0, 0.1) is 0 Å². The van der Waals surface area contributed by atoms with Crippen molar-refractivity contribution >= 4 is 29.2 Å². The highest BCUT2D eigenvalue weighted by molar-refractivity contribution is 6.30. The minimum Gasteiger partial charge on any atom is -0.494 e. The summed E-state index contributed by atoms with van der Waals surface area (Å²) in [6, 6.07) is 21.9. The highest BCUT2D eigenvalue weighted by atomic mass is 35.5. The number of halogens is 1. The summed E-state index contributed by atoms with van der Waals surface area (Å²) in [6.45, 7) is 2.20. The van der Waals surface area contributed by atoms with E-state index in [9.17, 15) is 9.59 Å². The molecule has 1 heterocycles. The molecular formula is C25H24ClN3O3. The molecule has 3 aromatic rings. The molecule has 0 saturated heterocycles. The standard InChI is InChI=1S/C25H24ClN3O3/c26-21-8-12-23(13-9-21)32-15-3-14-27-24(30)18-6-10-22(11-7-18)28-25(31)29-16-19-4-1-2-5-20(19)17-29/h1-2,4-13H,3,14-17H2,(H,27,30)(H,28,31). The fraction of sp³-hybridized carbons (Fsp3) is 0.200. The largest absolute Gasteiger partial charge is 0.494 e. The van der Waals surface area contributed by atoms with E-state index in [1.807, 2.05) is 36.4 Å². The molecule has 0 radical (unpaired) electrons. The van der Waals surface area contributed by atoms with Gasteiger partial charge in [0.05, 0.1) is 6.61 Å². The van der Waals surface area contributed by atoms with Gasteiger partial charge in [0.15, 0.2) is 0 Å². The molecule has 1 aliphatic rings. The Balaban J connectivity index is 1.19. The highest BCUT2D eigenvalue weighted by Crippen LogP contribution is 2.23. The van der Waals surface area contributed by atoms with Crippen molar-refractivity contribution in [2.24, 2.45) is 0 Å². The average Bonchev–Trinajstić information content (AvgIpc) is 3.25. The van der Waals surface area contributed by atoms with Gasteiger partial charge in [-0.2, -0.15) is 0 Å². The second kappa shape index (κ2) is 10.2. The third kappa shape index (κ3) is 5.59. The van der Waals surface area contributed by atoms with Crippen molar-refractivity contribution < 1.29 is 14.3 Å². The number of benzene rings is 3. The fourth-order valence-electron chi connectivity index (χ4n) is 3.48. The molecule has 0 atom stereocenters. The summed E-state index contributed by atoms with van der Waals surface area (Å²) >= 11 is 5.84. The van der Waals surface area contributed by atoms with Crippen molar-refractivity contribution in [3.8, 4) is 5.75 Å². The smallest absolute Gasteiger partial charge is 0.322 e. The van der Waals surface area contributed by atoms with Gasteiger partial charge in [0.1, 0.15) is 5.75 Å². The van der Waals surface area contributed by atoms with Gasteiger partial charge in [-0.25, -0.2) is 4.79 Å². The Hall–Kier alpha value is -3.51. The number of rotatable bonds is 7. The molecule has 164 valence electrons. The minimum atomic E-state index is -0.163. The van der Waals surface area contributed by atoms with E-state index in [2.05, 4.69) is 10.6 Å². The number of hydrogen-bond acceptors (Lipinski definition) is 3. The van der Waals surface area contributed by atoms with E-state index in [4.69, 9.17) is 16.3 Å². The Bertz CT molecular complexity index is 1060. The van der Waals surface area contributed by atoms with Crippen molar-refractivity contribution in [1.82, 2.24) is 10.2 Å². The van der Waals surface area contributed by atoms with E-state index in [0.717, 1.165) is 5.75 Å². The van der Waals surface area contributed by atoms with Crippen molar-refractivity contribution in [3.63, 3.8) is 0 Å². The van der Waals surface area contributed by atoms with Crippen LogP contribution in [0.3, 0.4) is 0 Å². The molecule has 0 aliphatic carbocycles. The summed E-state index contributed by atoms with van der Waals surface area (Å²) in [5.74, 6) is 0.584. The van der Waals surface area contributed by atoms with Gasteiger partial charge in [-0.1, -0.05) is 35.9 Å². The maximum absolute atomic E-state index is 12.5. The zero-order valence-electron chi connectivity index (χ0n) is 17.5. The number of amides is 3. The predicted molar refractivity (Wildman–Crippen MR) is 125 cm³/mol. The zero-order chi connectivity index (χ0) is 22.3. The van der Waals surface area contributed by atoms with E-state index in [0.29, 0.717) is 48.9 Å². The Kier molecular flexibility index (Phi) is 6.92. The Morgan fingerprint density at radius 1 is 0.906 bits per heavy atom. The first-order chi connectivity index (χ1) is 15.6. The van der Waals surface area contributed by atoms with Crippen LogP contribution in [0.25, 0.3) is 0 Å². The number of anilines is 1. The van der Waals surface area contributed by atoms with Gasteiger partial charge in [0.25, 0.3) is 5.91 Å². The fourth-order valence-corrected chi connectivity index (χ4v) is 3.61. The molecule has 7 heteroatoms. The van der Waals surface area contributed by atoms with Crippen LogP contribution in [0.15, 0.2) is 72.8 Å². The second-order valence-electron chi connectivity index (χ2n) is 7.54. The molecule has 3 amide bonds. The van der Waals surface area contributed by atoms with E-state index in [1.165, 1.54) is 11.1 Å². The van der Waals surface area contributed by atoms with E-state index >= 15 is 0 Å². The van der Waals surface area contributed by atoms with Gasteiger partial charge in [0, 0.05) is 35.9 Å². The van der Waals surface area contributed by atoms with Crippen molar-refractivity contribution in [1.29, 1.82) is 0 Å². The van der Waals surface area contributed by atoms with Gasteiger partial charge in [-0.05, 0) is 66.1 Å². The van der Waals surface area contributed by atoms with Gasteiger partial charge >= 0.3 is 6.03 Å². The third-order valence-electron chi connectivity index (χ3n) is 5.22. The first-order valence-corrected chi connectivity index (χ1v) is 10.9. The van der Waals surface area contributed by atoms with Crippen LogP contribution >= 0.6 is 11.6 Å². The average molecular weight is 450 g/mol. The molecule has 1 aliphatic heterocycles. The number of carbonyl (C=O) groups excluding carboxylic acids is 2. The van der Waals surface area contributed by atoms with Gasteiger partial charge < -0.3 is 20.3 Å². The molecule has 6 nitrogen and oxygen atoms in total. The lowest BCUT2D eigenvalue weighted by atomic mass is 10.1. The van der Waals surface area contributed by atoms with Crippen LogP contribution in [-0.2, 0) is 13.1 Å². The molecule has 0 bridgehead atoms. The Morgan fingerprint density at radius 3 is 2.22 bits per heavy atom. The van der Waals surface area contributed by atoms with Crippen LogP contribution < -0.4 is 15.4 Å². The molecular weight excluding hydrogens is 426 g/mol. The van der Waals surface area contributed by atoms with Crippen LogP contribution in [0.5, 0.6) is 5.75 Å². The quantitative estimate of drug-likeness (QED) is 0.494. The Morgan fingerprint density at radius 2 is 1.56 bits per heavy atom. The van der Waals surface area contributed by atoms with Crippen LogP contribution in [0.4, 0.5) is 10.5 Å². The van der Waals surface area contributed by atoms with Gasteiger partial charge in [0.2, 0.25) is 0 Å². The number of hydrogen-bond donors (Lipinski definition) is 2. The van der Waals surface area contributed by atoms with Crippen LogP contribution in [0.2, 0.25) is 5.02 Å². The van der Waals surface area contributed by atoms with Gasteiger partial charge in [-0.3, -0.25) is 4.79 Å². The summed E-state index contributed by atoms with van der Waals surface area (Å²) in [6.07, 6.45) is 0.681. The number of ether oxygens (including phenoxy) is 1. The summed E-state index contributed by atoms with van der Waals surface area (Å²) < 4.78 is 5.61. The molecule has 4 rings (SSSR count). The topological polar surface area (TPSA) is 70.7 Å². The lowest BCUT2D eigenvalue weighted by Gasteiger charge is -2.16. The molecule has 0 saturated carbocycles. The summed E-state index contributed by atoms with van der Waals surface area (Å²) in [5.41, 5.74) is 3.54. The van der Waals surface area contributed by atoms with E-state index < -0.39 is 0 Å². The first-order valence-electron chi connectivity index (χ1n) is 10.5. The number of carbonyl (C=O) groups is 2. The third-order valence-corrected chi connectivity index (χ3v) is 5.47. The lowest BCUT2D eigenvalue weighted by Crippen LogP contribution is -2.30. The summed E-state index contributed by atoms with van der Waals surface area (Å²) in [7, 11) is 0. The lowest BCUT2D eigenvalue weighted by molar-refractivity contribution is 0.0951. The molecule has 0 fully saturated rings. The zero-order valence-corrected chi connectivity index (χ0v) is 18.3. The molecule has 32 heavy (non-hydrogen) atoms. The monoisotopic (exact) mass is 449 g/mol. The maximum atomic E-state index is 12.5. The molecule has 2 N–H and O–H groups in total. The summed E-state index contributed by atoms with van der Waals surface area (Å²) in [4.78, 5) is 26.6. The number of urea groups is 1. The van der Waals surface area contributed by atoms with Crippen molar-refractivity contribution in [2.75, 3.05) is 18.5 Å². The van der Waals surface area contributed by atoms with Crippen molar-refractivity contribution in [2.45, 2.75) is 19.5 Å². The van der Waals surface area contributed by atoms with E-state index in [-0.39, 0.29) is 11.9 Å². The predicted octanol–water partition coefficient (Wildman–Crippen LogP) is 5.09. The van der Waals surface area contributed by atoms with Crippen molar-refractivity contribution in [3.05, 3.63) is 94.5 Å². The SMILES string of the molecule is O=C(NCCCOc1ccc(Cl)cc1)c1ccc(NC(=O)N2Cc3ccccc3C2)cc1. The first kappa shape index (κ1) is 21.7. The molecule has 3 aromatic carbocycles. The normalized spacial score (nSPS) is 12.2. The number of nitrogens with one attached hydrogen (secondary N) is 2. The number of fused-ring (bicyclic) bond motifs is 1. The minimum absolute atomic E-state index is 0.154.